The van der Waals surface area contributed by atoms with Gasteiger partial charge < -0.3 is 19.9 Å². The van der Waals surface area contributed by atoms with Crippen molar-refractivity contribution < 1.29 is 27.1 Å². The molecule has 1 aromatic heterocycles. The van der Waals surface area contributed by atoms with Gasteiger partial charge in [-0.2, -0.15) is 13.2 Å². The molecule has 2 aliphatic rings. The third-order valence-electron chi connectivity index (χ3n) is 7.26. The van der Waals surface area contributed by atoms with Gasteiger partial charge in [0.2, 0.25) is 0 Å². The largest absolute Gasteiger partial charge is 0.416 e. The van der Waals surface area contributed by atoms with E-state index in [1.807, 2.05) is 24.2 Å². The van der Waals surface area contributed by atoms with Crippen molar-refractivity contribution in [2.75, 3.05) is 76.8 Å². The van der Waals surface area contributed by atoms with Crippen molar-refractivity contribution in [2.24, 2.45) is 0 Å². The molecule has 0 unspecified atom stereocenters. The second kappa shape index (κ2) is 15.0. The van der Waals surface area contributed by atoms with Crippen molar-refractivity contribution in [2.45, 2.75) is 12.7 Å². The van der Waals surface area contributed by atoms with Crippen molar-refractivity contribution in [3.05, 3.63) is 88.5 Å². The number of benzene rings is 2. The summed E-state index contributed by atoms with van der Waals surface area (Å²) in [5.74, 6) is 5.56. The van der Waals surface area contributed by atoms with E-state index in [-0.39, 0.29) is 23.5 Å². The molecule has 3 heterocycles. The number of rotatable bonds is 5. The molecule has 2 fully saturated rings. The molecule has 228 valence electrons. The highest BCUT2D eigenvalue weighted by Crippen LogP contribution is 2.33. The van der Waals surface area contributed by atoms with E-state index in [4.69, 9.17) is 4.74 Å². The lowest BCUT2D eigenvalue weighted by atomic mass is 10.0. The Kier molecular flexibility index (Phi) is 11.1. The number of ether oxygens (including phenoxy) is 1. The van der Waals surface area contributed by atoms with Crippen molar-refractivity contribution in [3.8, 4) is 11.8 Å². The maximum Gasteiger partial charge on any atom is 0.416 e. The number of alkyl halides is 3. The molecule has 0 spiro atoms. The van der Waals surface area contributed by atoms with Crippen LogP contribution in [-0.2, 0) is 17.5 Å². The Hall–Kier alpha value is -3.98. The van der Waals surface area contributed by atoms with E-state index in [9.17, 15) is 22.4 Å². The van der Waals surface area contributed by atoms with Crippen LogP contribution in [0.15, 0.2) is 54.9 Å². The lowest BCUT2D eigenvalue weighted by molar-refractivity contribution is -0.138. The number of hydrogen-bond acceptors (Lipinski definition) is 7. The second-order valence-electron chi connectivity index (χ2n) is 10.3. The normalized spacial score (nSPS) is 16.0. The van der Waals surface area contributed by atoms with E-state index in [1.54, 1.807) is 25.4 Å². The molecule has 2 aromatic carbocycles. The molecule has 2 saturated heterocycles. The van der Waals surface area contributed by atoms with Gasteiger partial charge in [0, 0.05) is 75.9 Å². The maximum absolute atomic E-state index is 13.8. The molecule has 0 bridgehead atoms. The Bertz CT molecular complexity index is 1440. The van der Waals surface area contributed by atoms with Crippen molar-refractivity contribution in [1.29, 1.82) is 0 Å². The Morgan fingerprint density at radius 3 is 2.40 bits per heavy atom. The number of morpholine rings is 1. The van der Waals surface area contributed by atoms with E-state index in [0.717, 1.165) is 75.5 Å². The molecule has 43 heavy (non-hydrogen) atoms. The van der Waals surface area contributed by atoms with Crippen LogP contribution >= 0.6 is 0 Å². The highest BCUT2D eigenvalue weighted by atomic mass is 19.4. The molecule has 0 aliphatic carbocycles. The summed E-state index contributed by atoms with van der Waals surface area (Å²) in [5.41, 5.74) is 2.56. The minimum Gasteiger partial charge on any atom is -0.388 e. The molecule has 1 N–H and O–H groups in total. The molecule has 0 saturated carbocycles. The molecule has 0 radical (unpaired) electrons. The molecule has 3 aromatic rings. The molecule has 2 aliphatic heterocycles. The number of likely N-dealkylation sites (N-methyl/N-ethyl adjacent to an activating group) is 1. The number of halogens is 4. The summed E-state index contributed by atoms with van der Waals surface area (Å²) in [6, 6.07) is 10.5. The predicted molar refractivity (Wildman–Crippen MR) is 159 cm³/mol. The van der Waals surface area contributed by atoms with Gasteiger partial charge in [0.1, 0.15) is 12.1 Å². The van der Waals surface area contributed by atoms with Crippen LogP contribution in [0.4, 0.5) is 28.9 Å². The Morgan fingerprint density at radius 1 is 0.977 bits per heavy atom. The van der Waals surface area contributed by atoms with Crippen LogP contribution in [0.3, 0.4) is 0 Å². The van der Waals surface area contributed by atoms with Gasteiger partial charge in [-0.3, -0.25) is 14.7 Å². The molecule has 7 nitrogen and oxygen atoms in total. The van der Waals surface area contributed by atoms with Gasteiger partial charge >= 0.3 is 6.18 Å². The summed E-state index contributed by atoms with van der Waals surface area (Å²) >= 11 is 0. The number of hydrogen-bond donors (Lipinski definition) is 1. The third-order valence-corrected chi connectivity index (χ3v) is 7.26. The van der Waals surface area contributed by atoms with E-state index < -0.39 is 11.7 Å². The number of carbonyl (C=O) groups is 1. The monoisotopic (exact) mass is 597 g/mol. The van der Waals surface area contributed by atoms with Gasteiger partial charge in [0.05, 0.1) is 36.2 Å². The molecule has 0 amide bonds. The van der Waals surface area contributed by atoms with E-state index >= 15 is 0 Å². The van der Waals surface area contributed by atoms with Crippen LogP contribution < -0.4 is 10.2 Å². The Balaban J connectivity index is 0.000000199. The molecule has 11 heteroatoms. The zero-order chi connectivity index (χ0) is 30.8. The number of carbonyl (C=O) groups excluding carboxylic acids is 1. The second-order valence-corrected chi connectivity index (χ2v) is 10.3. The van der Waals surface area contributed by atoms with Crippen molar-refractivity contribution in [1.82, 2.24) is 14.8 Å². The van der Waals surface area contributed by atoms with E-state index in [0.29, 0.717) is 11.8 Å². The van der Waals surface area contributed by atoms with Crippen LogP contribution in [0.2, 0.25) is 0 Å². The molecular weight excluding hydrogens is 562 g/mol. The standard InChI is InChI=1S/C18H18FN3O.C14H17F3N2O/c1-20-16-4-5-18(19)15(11-16)3-2-14-10-17(13-21-12-14)22-6-8-23-9-7-22;1-18-4-6-19(7-5-18)9-12-3-2-11(10-20)8-13(12)14(15,16)17/h4-5,10-13,20H,6-9H2,1H3;2-3,8,10H,4-7,9H2,1H3. The fourth-order valence-electron chi connectivity index (χ4n) is 4.72. The van der Waals surface area contributed by atoms with Crippen molar-refractivity contribution >= 4 is 17.7 Å². The van der Waals surface area contributed by atoms with Gasteiger partial charge in [0.25, 0.3) is 0 Å². The first-order valence-electron chi connectivity index (χ1n) is 14.0. The Labute approximate surface area is 249 Å². The molecule has 5 rings (SSSR count). The minimum absolute atomic E-state index is 0.0550. The average Bonchev–Trinajstić information content (AvgIpc) is 3.02. The Morgan fingerprint density at radius 2 is 1.72 bits per heavy atom. The predicted octanol–water partition coefficient (Wildman–Crippen LogP) is 4.76. The summed E-state index contributed by atoms with van der Waals surface area (Å²) in [4.78, 5) is 21.2. The van der Waals surface area contributed by atoms with E-state index in [1.165, 1.54) is 18.2 Å². The van der Waals surface area contributed by atoms with Crippen molar-refractivity contribution in [3.63, 3.8) is 0 Å². The van der Waals surface area contributed by atoms with Gasteiger partial charge in [-0.15, -0.1) is 0 Å². The third kappa shape index (κ3) is 9.25. The molecular formula is C32H35F4N5O2. The summed E-state index contributed by atoms with van der Waals surface area (Å²) in [5, 5.41) is 2.98. The maximum atomic E-state index is 13.8. The fourth-order valence-corrected chi connectivity index (χ4v) is 4.72. The quantitative estimate of drug-likeness (QED) is 0.259. The van der Waals surface area contributed by atoms with Gasteiger partial charge in [0.15, 0.2) is 0 Å². The number of nitrogens with zero attached hydrogens (tertiary/aromatic N) is 4. The van der Waals surface area contributed by atoms with Crippen LogP contribution in [-0.4, -0.2) is 87.6 Å². The average molecular weight is 598 g/mol. The fraction of sp³-hybridized carbons (Fsp3) is 0.375. The highest BCUT2D eigenvalue weighted by Gasteiger charge is 2.34. The number of piperazine rings is 1. The summed E-state index contributed by atoms with van der Waals surface area (Å²) in [6.45, 7) is 6.61. The summed E-state index contributed by atoms with van der Waals surface area (Å²) < 4.78 is 58.3. The number of aldehydes is 1. The number of pyridine rings is 1. The summed E-state index contributed by atoms with van der Waals surface area (Å²) in [7, 11) is 3.79. The molecule has 0 atom stereocenters. The minimum atomic E-state index is -4.43. The highest BCUT2D eigenvalue weighted by molar-refractivity contribution is 5.75. The zero-order valence-electron chi connectivity index (χ0n) is 24.3. The number of aromatic nitrogens is 1. The first-order valence-corrected chi connectivity index (χ1v) is 14.0. The number of nitrogens with one attached hydrogen (secondary N) is 1. The topological polar surface area (TPSA) is 60.9 Å². The van der Waals surface area contributed by atoms with Crippen LogP contribution in [0.1, 0.15) is 32.6 Å². The van der Waals surface area contributed by atoms with Gasteiger partial charge in [-0.05, 0) is 42.9 Å². The first-order chi connectivity index (χ1) is 20.7. The first kappa shape index (κ1) is 31.9. The van der Waals surface area contributed by atoms with Crippen LogP contribution in [0, 0.1) is 17.7 Å². The van der Waals surface area contributed by atoms with E-state index in [2.05, 4.69) is 31.9 Å². The van der Waals surface area contributed by atoms with Gasteiger partial charge in [-0.25, -0.2) is 4.39 Å². The summed E-state index contributed by atoms with van der Waals surface area (Å²) in [6.07, 6.45) is -0.481. The number of anilines is 2. The smallest absolute Gasteiger partial charge is 0.388 e. The van der Waals surface area contributed by atoms with Crippen LogP contribution in [0.5, 0.6) is 0 Å². The SMILES string of the molecule is CN1CCN(Cc2ccc(C=O)cc2C(F)(F)F)CC1.CNc1ccc(F)c(C#Cc2cncc(N3CCOCC3)c2)c1. The lowest BCUT2D eigenvalue weighted by Crippen LogP contribution is -2.44. The van der Waals surface area contributed by atoms with Crippen LogP contribution in [0.25, 0.3) is 0 Å². The lowest BCUT2D eigenvalue weighted by Gasteiger charge is -2.32. The zero-order valence-corrected chi connectivity index (χ0v) is 24.3. The van der Waals surface area contributed by atoms with Gasteiger partial charge in [-0.1, -0.05) is 24.0 Å².